The van der Waals surface area contributed by atoms with Crippen molar-refractivity contribution in [2.45, 2.75) is 58.4 Å². The van der Waals surface area contributed by atoms with Crippen LogP contribution in [0.3, 0.4) is 0 Å². The predicted molar refractivity (Wildman–Crippen MR) is 60.0 cm³/mol. The molecule has 0 radical (unpaired) electrons. The Labute approximate surface area is 87.9 Å². The monoisotopic (exact) mass is 199 g/mol. The maximum Gasteiger partial charge on any atom is 0.0436 e. The van der Waals surface area contributed by atoms with Crippen molar-refractivity contribution in [3.8, 4) is 0 Å². The van der Waals surface area contributed by atoms with E-state index in [1.54, 1.807) is 0 Å². The van der Waals surface area contributed by atoms with Crippen LogP contribution < -0.4 is 5.73 Å². The smallest absolute Gasteiger partial charge is 0.0436 e. The first-order valence-corrected chi connectivity index (χ1v) is 6.05. The van der Waals surface area contributed by atoms with Gasteiger partial charge < -0.3 is 10.8 Å². The highest BCUT2D eigenvalue weighted by molar-refractivity contribution is 4.95. The number of nitrogens with two attached hydrogens (primary N) is 1. The molecule has 1 saturated carbocycles. The van der Waals surface area contributed by atoms with E-state index in [2.05, 4.69) is 13.8 Å². The van der Waals surface area contributed by atoms with Gasteiger partial charge in [-0.2, -0.15) is 0 Å². The lowest BCUT2D eigenvalue weighted by Crippen LogP contribution is -2.40. The lowest BCUT2D eigenvalue weighted by molar-refractivity contribution is 0.144. The van der Waals surface area contributed by atoms with E-state index in [-0.39, 0.29) is 11.5 Å². The van der Waals surface area contributed by atoms with Crippen LogP contribution >= 0.6 is 0 Å². The Morgan fingerprint density at radius 2 is 2.21 bits per heavy atom. The molecule has 0 aromatic heterocycles. The number of aliphatic hydroxyl groups excluding tert-OH is 1. The van der Waals surface area contributed by atoms with Gasteiger partial charge in [-0.1, -0.05) is 20.3 Å². The minimum absolute atomic E-state index is 0.254. The maximum absolute atomic E-state index is 9.14. The third kappa shape index (κ3) is 2.29. The van der Waals surface area contributed by atoms with Gasteiger partial charge in [-0.05, 0) is 43.4 Å². The molecule has 1 aliphatic rings. The van der Waals surface area contributed by atoms with Crippen molar-refractivity contribution in [1.29, 1.82) is 0 Å². The largest absolute Gasteiger partial charge is 0.396 e. The first kappa shape index (κ1) is 12.0. The number of hydrogen-bond donors (Lipinski definition) is 2. The molecule has 0 heterocycles. The SMILES string of the molecule is CCC1CCC(CCO)(C(N)CC)C1. The van der Waals surface area contributed by atoms with E-state index >= 15 is 0 Å². The minimum atomic E-state index is 0.254. The summed E-state index contributed by atoms with van der Waals surface area (Å²) < 4.78 is 0. The van der Waals surface area contributed by atoms with Crippen molar-refractivity contribution in [3.05, 3.63) is 0 Å². The second-order valence-corrected chi connectivity index (χ2v) is 4.87. The Balaban J connectivity index is 2.64. The standard InChI is InChI=1S/C12H25NO/c1-3-10-5-6-12(9-10,7-8-14)11(13)4-2/h10-11,14H,3-9,13H2,1-2H3. The third-order valence-corrected chi connectivity index (χ3v) is 4.16. The summed E-state index contributed by atoms with van der Waals surface area (Å²) in [7, 11) is 0. The van der Waals surface area contributed by atoms with Crippen molar-refractivity contribution >= 4 is 0 Å². The molecule has 3 atom stereocenters. The van der Waals surface area contributed by atoms with E-state index in [4.69, 9.17) is 10.8 Å². The summed E-state index contributed by atoms with van der Waals surface area (Å²) in [6, 6.07) is 0.284. The Morgan fingerprint density at radius 3 is 2.64 bits per heavy atom. The molecule has 1 rings (SSSR count). The van der Waals surface area contributed by atoms with Gasteiger partial charge in [0, 0.05) is 12.6 Å². The van der Waals surface area contributed by atoms with E-state index in [0.29, 0.717) is 6.61 Å². The molecule has 2 nitrogen and oxygen atoms in total. The van der Waals surface area contributed by atoms with E-state index in [1.165, 1.54) is 25.7 Å². The zero-order valence-corrected chi connectivity index (χ0v) is 9.63. The minimum Gasteiger partial charge on any atom is -0.396 e. The molecule has 14 heavy (non-hydrogen) atoms. The molecule has 84 valence electrons. The van der Waals surface area contributed by atoms with Crippen LogP contribution in [0.1, 0.15) is 52.4 Å². The second kappa shape index (κ2) is 5.13. The number of hydrogen-bond acceptors (Lipinski definition) is 2. The van der Waals surface area contributed by atoms with Crippen molar-refractivity contribution in [2.75, 3.05) is 6.61 Å². The van der Waals surface area contributed by atoms with Gasteiger partial charge in [-0.25, -0.2) is 0 Å². The van der Waals surface area contributed by atoms with Crippen LogP contribution in [0.5, 0.6) is 0 Å². The van der Waals surface area contributed by atoms with Gasteiger partial charge in [0.2, 0.25) is 0 Å². The fraction of sp³-hybridized carbons (Fsp3) is 1.00. The van der Waals surface area contributed by atoms with Crippen molar-refractivity contribution in [1.82, 2.24) is 0 Å². The second-order valence-electron chi connectivity index (χ2n) is 4.87. The van der Waals surface area contributed by atoms with Gasteiger partial charge in [-0.3, -0.25) is 0 Å². The first-order chi connectivity index (χ1) is 6.68. The normalized spacial score (nSPS) is 34.7. The van der Waals surface area contributed by atoms with Gasteiger partial charge in [0.05, 0.1) is 0 Å². The van der Waals surface area contributed by atoms with Crippen LogP contribution in [0.15, 0.2) is 0 Å². The number of rotatable bonds is 5. The highest BCUT2D eigenvalue weighted by Crippen LogP contribution is 2.47. The van der Waals surface area contributed by atoms with Crippen LogP contribution in [0, 0.1) is 11.3 Å². The molecule has 1 aliphatic carbocycles. The summed E-state index contributed by atoms with van der Waals surface area (Å²) in [6.07, 6.45) is 6.98. The van der Waals surface area contributed by atoms with Crippen LogP contribution in [0.25, 0.3) is 0 Å². The molecule has 0 saturated heterocycles. The van der Waals surface area contributed by atoms with Crippen LogP contribution in [-0.4, -0.2) is 17.8 Å². The van der Waals surface area contributed by atoms with E-state index in [9.17, 15) is 0 Å². The highest BCUT2D eigenvalue weighted by atomic mass is 16.3. The van der Waals surface area contributed by atoms with Crippen LogP contribution in [0.2, 0.25) is 0 Å². The average molecular weight is 199 g/mol. The lowest BCUT2D eigenvalue weighted by Gasteiger charge is -2.34. The predicted octanol–water partition coefficient (Wildman–Crippen LogP) is 2.30. The lowest BCUT2D eigenvalue weighted by atomic mass is 9.74. The first-order valence-electron chi connectivity index (χ1n) is 6.05. The Hall–Kier alpha value is -0.0800. The third-order valence-electron chi connectivity index (χ3n) is 4.16. The Morgan fingerprint density at radius 1 is 1.50 bits per heavy atom. The molecule has 0 aromatic rings. The van der Waals surface area contributed by atoms with E-state index in [1.807, 2.05) is 0 Å². The number of aliphatic hydroxyl groups is 1. The van der Waals surface area contributed by atoms with Crippen molar-refractivity contribution in [2.24, 2.45) is 17.1 Å². The fourth-order valence-electron chi connectivity index (χ4n) is 3.02. The average Bonchev–Trinajstić information content (AvgIpc) is 2.62. The van der Waals surface area contributed by atoms with Crippen LogP contribution in [0.4, 0.5) is 0 Å². The summed E-state index contributed by atoms with van der Waals surface area (Å²) in [5.74, 6) is 0.846. The topological polar surface area (TPSA) is 46.2 Å². The maximum atomic E-state index is 9.14. The van der Waals surface area contributed by atoms with E-state index in [0.717, 1.165) is 18.8 Å². The van der Waals surface area contributed by atoms with Crippen molar-refractivity contribution in [3.63, 3.8) is 0 Å². The quantitative estimate of drug-likeness (QED) is 0.713. The fourth-order valence-corrected chi connectivity index (χ4v) is 3.02. The molecular formula is C12H25NO. The molecule has 1 fully saturated rings. The molecule has 0 bridgehead atoms. The van der Waals surface area contributed by atoms with Gasteiger partial charge in [0.15, 0.2) is 0 Å². The molecule has 0 spiro atoms. The summed E-state index contributed by atoms with van der Waals surface area (Å²) >= 11 is 0. The highest BCUT2D eigenvalue weighted by Gasteiger charge is 2.41. The molecular weight excluding hydrogens is 174 g/mol. The van der Waals surface area contributed by atoms with Gasteiger partial charge >= 0.3 is 0 Å². The zero-order valence-electron chi connectivity index (χ0n) is 9.63. The molecule has 3 unspecified atom stereocenters. The summed E-state index contributed by atoms with van der Waals surface area (Å²) in [4.78, 5) is 0. The molecule has 2 heteroatoms. The summed E-state index contributed by atoms with van der Waals surface area (Å²) in [5, 5.41) is 9.14. The Kier molecular flexibility index (Phi) is 4.39. The Bertz CT molecular complexity index is 172. The summed E-state index contributed by atoms with van der Waals surface area (Å²) in [6.45, 7) is 4.71. The van der Waals surface area contributed by atoms with E-state index < -0.39 is 0 Å². The zero-order chi connectivity index (χ0) is 10.6. The molecule has 0 aliphatic heterocycles. The molecule has 0 amide bonds. The van der Waals surface area contributed by atoms with Gasteiger partial charge in [0.25, 0.3) is 0 Å². The summed E-state index contributed by atoms with van der Waals surface area (Å²) in [5.41, 5.74) is 6.46. The molecule has 3 N–H and O–H groups in total. The van der Waals surface area contributed by atoms with Crippen LogP contribution in [-0.2, 0) is 0 Å². The van der Waals surface area contributed by atoms with Gasteiger partial charge in [-0.15, -0.1) is 0 Å². The molecule has 0 aromatic carbocycles. The van der Waals surface area contributed by atoms with Crippen molar-refractivity contribution < 1.29 is 5.11 Å². The van der Waals surface area contributed by atoms with Gasteiger partial charge in [0.1, 0.15) is 0 Å².